The third kappa shape index (κ3) is 11.0. The van der Waals surface area contributed by atoms with Crippen molar-refractivity contribution >= 4 is 17.9 Å². The molecular weight excluding hydrogens is 454 g/mol. The largest absolute Gasteiger partial charge is 0.444 e. The van der Waals surface area contributed by atoms with Crippen molar-refractivity contribution in [3.63, 3.8) is 0 Å². The van der Waals surface area contributed by atoms with Gasteiger partial charge in [-0.3, -0.25) is 9.59 Å². The van der Waals surface area contributed by atoms with Gasteiger partial charge in [-0.25, -0.2) is 4.79 Å². The molecule has 0 aliphatic rings. The van der Waals surface area contributed by atoms with E-state index in [2.05, 4.69) is 31.4 Å². The average Bonchev–Trinajstić information content (AvgIpc) is 2.79. The molecule has 0 fully saturated rings. The second-order valence-electron chi connectivity index (χ2n) is 10.7. The molecule has 0 spiro atoms. The molecule has 1 aromatic carbocycles. The van der Waals surface area contributed by atoms with Gasteiger partial charge in [-0.2, -0.15) is 0 Å². The van der Waals surface area contributed by atoms with E-state index in [1.165, 1.54) is 0 Å². The maximum absolute atomic E-state index is 13.7. The van der Waals surface area contributed by atoms with E-state index < -0.39 is 23.8 Å². The van der Waals surface area contributed by atoms with Crippen molar-refractivity contribution in [3.8, 4) is 0 Å². The number of benzene rings is 1. The van der Waals surface area contributed by atoms with Gasteiger partial charge in [0.1, 0.15) is 17.7 Å². The van der Waals surface area contributed by atoms with Crippen LogP contribution in [-0.2, 0) is 20.7 Å². The van der Waals surface area contributed by atoms with Crippen molar-refractivity contribution in [2.75, 3.05) is 6.54 Å². The monoisotopic (exact) mass is 503 g/mol. The topological polar surface area (TPSA) is 87.7 Å². The van der Waals surface area contributed by atoms with Crippen LogP contribution < -0.4 is 10.6 Å². The highest BCUT2D eigenvalue weighted by atomic mass is 16.6. The SMILES string of the molecule is CCCCCCN(C(=O)C(C)NC(=O)OC(C)(C)C)C(C(=O)NC(C)CCC)c1ccc(CC)cc1. The summed E-state index contributed by atoms with van der Waals surface area (Å²) in [7, 11) is 0. The molecule has 3 amide bonds. The Kier molecular flexibility index (Phi) is 13.6. The van der Waals surface area contributed by atoms with E-state index in [-0.39, 0.29) is 17.9 Å². The van der Waals surface area contributed by atoms with E-state index in [4.69, 9.17) is 4.74 Å². The van der Waals surface area contributed by atoms with Crippen LogP contribution >= 0.6 is 0 Å². The van der Waals surface area contributed by atoms with E-state index in [0.717, 1.165) is 56.1 Å². The molecular formula is C29H49N3O4. The molecule has 36 heavy (non-hydrogen) atoms. The Bertz CT molecular complexity index is 817. The van der Waals surface area contributed by atoms with Gasteiger partial charge in [-0.15, -0.1) is 0 Å². The first-order valence-electron chi connectivity index (χ1n) is 13.6. The predicted octanol–water partition coefficient (Wildman–Crippen LogP) is 5.92. The number of hydrogen-bond donors (Lipinski definition) is 2. The number of carbonyl (C=O) groups is 3. The minimum Gasteiger partial charge on any atom is -0.444 e. The molecule has 0 aromatic heterocycles. The van der Waals surface area contributed by atoms with Gasteiger partial charge in [0.2, 0.25) is 11.8 Å². The minimum absolute atomic E-state index is 0.00531. The number of hydrogen-bond acceptors (Lipinski definition) is 4. The number of ether oxygens (including phenoxy) is 1. The Morgan fingerprint density at radius 3 is 2.08 bits per heavy atom. The highest BCUT2D eigenvalue weighted by Gasteiger charge is 2.34. The van der Waals surface area contributed by atoms with Crippen molar-refractivity contribution in [2.45, 2.75) is 124 Å². The van der Waals surface area contributed by atoms with E-state index >= 15 is 0 Å². The van der Waals surface area contributed by atoms with Crippen LogP contribution in [0.25, 0.3) is 0 Å². The average molecular weight is 504 g/mol. The molecule has 0 bridgehead atoms. The Balaban J connectivity index is 3.32. The van der Waals surface area contributed by atoms with E-state index in [1.54, 1.807) is 32.6 Å². The van der Waals surface area contributed by atoms with Gasteiger partial charge in [-0.05, 0) is 65.0 Å². The molecule has 204 valence electrons. The van der Waals surface area contributed by atoms with Gasteiger partial charge in [0.25, 0.3) is 0 Å². The summed E-state index contributed by atoms with van der Waals surface area (Å²) in [6, 6.07) is 6.25. The lowest BCUT2D eigenvalue weighted by atomic mass is 9.99. The fourth-order valence-corrected chi connectivity index (χ4v) is 4.11. The lowest BCUT2D eigenvalue weighted by molar-refractivity contribution is -0.142. The first-order chi connectivity index (χ1) is 16.9. The third-order valence-corrected chi connectivity index (χ3v) is 6.01. The maximum atomic E-state index is 13.7. The summed E-state index contributed by atoms with van der Waals surface area (Å²) < 4.78 is 5.35. The molecule has 2 N–H and O–H groups in total. The first-order valence-corrected chi connectivity index (χ1v) is 13.6. The number of aryl methyl sites for hydroxylation is 1. The lowest BCUT2D eigenvalue weighted by Gasteiger charge is -2.34. The molecule has 7 nitrogen and oxygen atoms in total. The lowest BCUT2D eigenvalue weighted by Crippen LogP contribution is -2.52. The van der Waals surface area contributed by atoms with Crippen LogP contribution in [-0.4, -0.2) is 47.0 Å². The quantitative estimate of drug-likeness (QED) is 0.309. The fraction of sp³-hybridized carbons (Fsp3) is 0.690. The Morgan fingerprint density at radius 1 is 0.917 bits per heavy atom. The van der Waals surface area contributed by atoms with Gasteiger partial charge in [-0.1, -0.05) is 70.7 Å². The molecule has 7 heteroatoms. The number of rotatable bonds is 14. The molecule has 1 aromatic rings. The van der Waals surface area contributed by atoms with Crippen molar-refractivity contribution in [2.24, 2.45) is 0 Å². The second kappa shape index (κ2) is 15.5. The van der Waals surface area contributed by atoms with Crippen LogP contribution in [0.5, 0.6) is 0 Å². The number of nitrogens with zero attached hydrogens (tertiary/aromatic N) is 1. The number of carbonyl (C=O) groups excluding carboxylic acids is 3. The van der Waals surface area contributed by atoms with Crippen molar-refractivity contribution in [1.29, 1.82) is 0 Å². The van der Waals surface area contributed by atoms with Crippen LogP contribution in [0.1, 0.15) is 111 Å². The van der Waals surface area contributed by atoms with Gasteiger partial charge < -0.3 is 20.3 Å². The molecule has 3 atom stereocenters. The van der Waals surface area contributed by atoms with E-state index in [1.807, 2.05) is 31.2 Å². The summed E-state index contributed by atoms with van der Waals surface area (Å²) >= 11 is 0. The van der Waals surface area contributed by atoms with Crippen molar-refractivity contribution in [1.82, 2.24) is 15.5 Å². The summed E-state index contributed by atoms with van der Waals surface area (Å²) in [5, 5.41) is 5.77. The zero-order valence-corrected chi connectivity index (χ0v) is 23.8. The van der Waals surface area contributed by atoms with Crippen LogP contribution in [0.2, 0.25) is 0 Å². The van der Waals surface area contributed by atoms with Crippen LogP contribution in [0.15, 0.2) is 24.3 Å². The van der Waals surface area contributed by atoms with Gasteiger partial charge >= 0.3 is 6.09 Å². The smallest absolute Gasteiger partial charge is 0.408 e. The summed E-state index contributed by atoms with van der Waals surface area (Å²) in [4.78, 5) is 41.4. The number of alkyl carbamates (subject to hydrolysis) is 1. The predicted molar refractivity (Wildman–Crippen MR) is 146 cm³/mol. The maximum Gasteiger partial charge on any atom is 0.408 e. The van der Waals surface area contributed by atoms with E-state index in [9.17, 15) is 14.4 Å². The van der Waals surface area contributed by atoms with Crippen molar-refractivity contribution < 1.29 is 19.1 Å². The second-order valence-corrected chi connectivity index (χ2v) is 10.7. The summed E-state index contributed by atoms with van der Waals surface area (Å²) in [6.07, 6.45) is 5.91. The number of nitrogens with one attached hydrogen (secondary N) is 2. The molecule has 0 saturated carbocycles. The minimum atomic E-state index is -0.843. The molecule has 0 aliphatic carbocycles. The standard InChI is InChI=1S/C29H49N3O4/c1-9-12-13-14-20-32(27(34)22(5)31-28(35)36-29(6,7)8)25(26(33)30-21(4)15-10-2)24-18-16-23(11-3)17-19-24/h16-19,21-22,25H,9-15,20H2,1-8H3,(H,30,33)(H,31,35). The molecule has 0 aliphatic heterocycles. The van der Waals surface area contributed by atoms with Gasteiger partial charge in [0.05, 0.1) is 0 Å². The first kappa shape index (κ1) is 31.5. The van der Waals surface area contributed by atoms with Gasteiger partial charge in [0.15, 0.2) is 0 Å². The highest BCUT2D eigenvalue weighted by molar-refractivity contribution is 5.92. The van der Waals surface area contributed by atoms with E-state index in [0.29, 0.717) is 6.54 Å². The number of unbranched alkanes of at least 4 members (excludes halogenated alkanes) is 3. The fourth-order valence-electron chi connectivity index (χ4n) is 4.11. The van der Waals surface area contributed by atoms with Crippen LogP contribution in [0.3, 0.4) is 0 Å². The Morgan fingerprint density at radius 2 is 1.56 bits per heavy atom. The normalized spacial score (nSPS) is 13.9. The van der Waals surface area contributed by atoms with Crippen LogP contribution in [0.4, 0.5) is 4.79 Å². The van der Waals surface area contributed by atoms with Crippen LogP contribution in [0, 0.1) is 0 Å². The molecule has 0 saturated heterocycles. The number of amides is 3. The summed E-state index contributed by atoms with van der Waals surface area (Å²) in [5.74, 6) is -0.506. The zero-order valence-electron chi connectivity index (χ0n) is 23.8. The molecule has 3 unspecified atom stereocenters. The summed E-state index contributed by atoms with van der Waals surface area (Å²) in [6.45, 7) is 15.7. The Hall–Kier alpha value is -2.57. The molecule has 0 heterocycles. The van der Waals surface area contributed by atoms with Gasteiger partial charge in [0, 0.05) is 12.6 Å². The zero-order chi connectivity index (χ0) is 27.3. The summed E-state index contributed by atoms with van der Waals surface area (Å²) in [5.41, 5.74) is 1.26. The third-order valence-electron chi connectivity index (χ3n) is 6.01. The van der Waals surface area contributed by atoms with Crippen molar-refractivity contribution in [3.05, 3.63) is 35.4 Å². The Labute approximate surface area is 218 Å². The molecule has 0 radical (unpaired) electrons. The highest BCUT2D eigenvalue weighted by Crippen LogP contribution is 2.25. The molecule has 1 rings (SSSR count).